The van der Waals surface area contributed by atoms with Gasteiger partial charge in [0.1, 0.15) is 11.5 Å². The highest BCUT2D eigenvalue weighted by Gasteiger charge is 2.27. The Morgan fingerprint density at radius 2 is 1.89 bits per heavy atom. The number of hydrogen-bond acceptors (Lipinski definition) is 6. The third-order valence-corrected chi connectivity index (χ3v) is 3.18. The number of nitrogens with zero attached hydrogens (tertiary/aromatic N) is 2. The molecule has 1 aromatic heterocycles. The molecule has 1 heterocycles. The minimum Gasteiger partial charge on any atom is -0.371 e. The van der Waals surface area contributed by atoms with Gasteiger partial charge in [0.2, 0.25) is 16.0 Å². The lowest BCUT2D eigenvalue weighted by molar-refractivity contribution is -0.173. The number of sulfonamides is 1. The predicted molar refractivity (Wildman–Crippen MR) is 58.5 cm³/mol. The van der Waals surface area contributed by atoms with Crippen LogP contribution in [0.1, 0.15) is 0 Å². The van der Waals surface area contributed by atoms with Crippen LogP contribution in [0.15, 0.2) is 17.3 Å². The Hall–Kier alpha value is -1.46. The first-order chi connectivity index (χ1) is 8.71. The van der Waals surface area contributed by atoms with E-state index >= 15 is 0 Å². The molecule has 0 spiro atoms. The molecule has 0 aliphatic rings. The SMILES string of the molecule is Nc1ncc(S(=O)(=O)NCCOCC(F)(F)F)cn1. The minimum atomic E-state index is -4.44. The number of alkyl halides is 3. The lowest BCUT2D eigenvalue weighted by Crippen LogP contribution is -2.29. The second-order valence-electron chi connectivity index (χ2n) is 3.34. The molecular weight excluding hydrogens is 289 g/mol. The van der Waals surface area contributed by atoms with Crippen LogP contribution in [-0.4, -0.2) is 44.3 Å². The fourth-order valence-electron chi connectivity index (χ4n) is 0.984. The minimum absolute atomic E-state index is 0.0903. The third kappa shape index (κ3) is 5.81. The summed E-state index contributed by atoms with van der Waals surface area (Å²) in [5.74, 6) is -0.0903. The van der Waals surface area contributed by atoms with Gasteiger partial charge in [-0.3, -0.25) is 0 Å². The van der Waals surface area contributed by atoms with Crippen molar-refractivity contribution >= 4 is 16.0 Å². The van der Waals surface area contributed by atoms with Crippen molar-refractivity contribution in [2.45, 2.75) is 11.1 Å². The number of nitrogens with one attached hydrogen (secondary N) is 1. The number of hydrogen-bond donors (Lipinski definition) is 2. The number of anilines is 1. The first-order valence-corrected chi connectivity index (χ1v) is 6.41. The molecule has 7 nitrogen and oxygen atoms in total. The Labute approximate surface area is 107 Å². The van der Waals surface area contributed by atoms with Crippen molar-refractivity contribution in [2.24, 2.45) is 0 Å². The van der Waals surface area contributed by atoms with Gasteiger partial charge in [-0.1, -0.05) is 0 Å². The Morgan fingerprint density at radius 1 is 1.32 bits per heavy atom. The van der Waals surface area contributed by atoms with E-state index in [2.05, 4.69) is 14.7 Å². The van der Waals surface area contributed by atoms with E-state index in [-0.39, 0.29) is 17.4 Å². The average Bonchev–Trinajstić information content (AvgIpc) is 2.27. The molecule has 0 saturated carbocycles. The molecule has 0 aromatic carbocycles. The second kappa shape index (κ2) is 6.12. The first kappa shape index (κ1) is 15.6. The number of aromatic nitrogens is 2. The summed E-state index contributed by atoms with van der Waals surface area (Å²) in [5.41, 5.74) is 5.19. The summed E-state index contributed by atoms with van der Waals surface area (Å²) in [7, 11) is -3.88. The molecule has 19 heavy (non-hydrogen) atoms. The quantitative estimate of drug-likeness (QED) is 0.711. The highest BCUT2D eigenvalue weighted by molar-refractivity contribution is 7.89. The molecule has 0 bridgehead atoms. The predicted octanol–water partition coefficient (Wildman–Crippen LogP) is -0.0840. The van der Waals surface area contributed by atoms with Crippen LogP contribution >= 0.6 is 0 Å². The first-order valence-electron chi connectivity index (χ1n) is 4.92. The lowest BCUT2D eigenvalue weighted by Gasteiger charge is -2.08. The molecular formula is C8H11F3N4O3S. The smallest absolute Gasteiger partial charge is 0.371 e. The molecule has 11 heteroatoms. The summed E-state index contributed by atoms with van der Waals surface area (Å²) in [5, 5.41) is 0. The summed E-state index contributed by atoms with van der Waals surface area (Å²) < 4.78 is 64.7. The number of ether oxygens (including phenoxy) is 1. The number of nitrogen functional groups attached to an aromatic ring is 1. The molecule has 0 aliphatic heterocycles. The molecule has 108 valence electrons. The zero-order chi connectivity index (χ0) is 14.5. The van der Waals surface area contributed by atoms with Gasteiger partial charge in [0.15, 0.2) is 0 Å². The highest BCUT2D eigenvalue weighted by Crippen LogP contribution is 2.14. The number of halogens is 3. The molecule has 1 aromatic rings. The van der Waals surface area contributed by atoms with E-state index < -0.39 is 29.4 Å². The average molecular weight is 300 g/mol. The van der Waals surface area contributed by atoms with Gasteiger partial charge < -0.3 is 10.5 Å². The number of rotatable bonds is 6. The van der Waals surface area contributed by atoms with E-state index in [9.17, 15) is 21.6 Å². The van der Waals surface area contributed by atoms with Crippen molar-refractivity contribution in [2.75, 3.05) is 25.5 Å². The van der Waals surface area contributed by atoms with E-state index in [0.29, 0.717) is 0 Å². The summed E-state index contributed by atoms with van der Waals surface area (Å²) >= 11 is 0. The van der Waals surface area contributed by atoms with Crippen molar-refractivity contribution < 1.29 is 26.3 Å². The Kier molecular flexibility index (Phi) is 5.03. The van der Waals surface area contributed by atoms with E-state index in [1.807, 2.05) is 4.72 Å². The maximum Gasteiger partial charge on any atom is 0.411 e. The molecule has 0 fully saturated rings. The Bertz CT molecular complexity index is 503. The Morgan fingerprint density at radius 3 is 2.42 bits per heavy atom. The number of nitrogens with two attached hydrogens (primary N) is 1. The van der Waals surface area contributed by atoms with Crippen molar-refractivity contribution in [1.82, 2.24) is 14.7 Å². The zero-order valence-electron chi connectivity index (χ0n) is 9.51. The normalized spacial score (nSPS) is 12.6. The van der Waals surface area contributed by atoms with Crippen LogP contribution in [0.5, 0.6) is 0 Å². The van der Waals surface area contributed by atoms with Gasteiger partial charge in [-0.2, -0.15) is 13.2 Å². The van der Waals surface area contributed by atoms with Crippen LogP contribution in [0, 0.1) is 0 Å². The van der Waals surface area contributed by atoms with Gasteiger partial charge in [-0.05, 0) is 0 Å². The van der Waals surface area contributed by atoms with Crippen molar-refractivity contribution in [3.8, 4) is 0 Å². The lowest BCUT2D eigenvalue weighted by atomic mass is 10.7. The molecule has 0 amide bonds. The zero-order valence-corrected chi connectivity index (χ0v) is 10.3. The third-order valence-electron chi connectivity index (χ3n) is 1.76. The van der Waals surface area contributed by atoms with Crippen LogP contribution < -0.4 is 10.5 Å². The topological polar surface area (TPSA) is 107 Å². The molecule has 0 radical (unpaired) electrons. The van der Waals surface area contributed by atoms with E-state index in [1.165, 1.54) is 0 Å². The molecule has 0 unspecified atom stereocenters. The molecule has 0 aliphatic carbocycles. The Balaban J connectivity index is 2.42. The van der Waals surface area contributed by atoms with Gasteiger partial charge in [-0.15, -0.1) is 0 Å². The summed E-state index contributed by atoms with van der Waals surface area (Å²) in [4.78, 5) is 6.74. The van der Waals surface area contributed by atoms with E-state index in [0.717, 1.165) is 12.4 Å². The van der Waals surface area contributed by atoms with Gasteiger partial charge in [0.05, 0.1) is 19.0 Å². The van der Waals surface area contributed by atoms with Gasteiger partial charge in [0.25, 0.3) is 0 Å². The van der Waals surface area contributed by atoms with Crippen LogP contribution in [-0.2, 0) is 14.8 Å². The summed E-state index contributed by atoms with van der Waals surface area (Å²) in [6.45, 7) is -2.14. The largest absolute Gasteiger partial charge is 0.411 e. The van der Waals surface area contributed by atoms with Crippen LogP contribution in [0.3, 0.4) is 0 Å². The second-order valence-corrected chi connectivity index (χ2v) is 5.11. The summed E-state index contributed by atoms with van der Waals surface area (Å²) in [6, 6.07) is 0. The fourth-order valence-corrected chi connectivity index (χ4v) is 1.89. The summed E-state index contributed by atoms with van der Waals surface area (Å²) in [6.07, 6.45) is -2.47. The molecule has 1 rings (SSSR count). The highest BCUT2D eigenvalue weighted by atomic mass is 32.2. The van der Waals surface area contributed by atoms with E-state index in [4.69, 9.17) is 5.73 Å². The molecule has 3 N–H and O–H groups in total. The van der Waals surface area contributed by atoms with E-state index in [1.54, 1.807) is 0 Å². The van der Waals surface area contributed by atoms with Crippen molar-refractivity contribution in [3.63, 3.8) is 0 Å². The maximum absolute atomic E-state index is 11.7. The molecule has 0 atom stereocenters. The van der Waals surface area contributed by atoms with Crippen LogP contribution in [0.2, 0.25) is 0 Å². The van der Waals surface area contributed by atoms with Crippen molar-refractivity contribution in [3.05, 3.63) is 12.4 Å². The standard InChI is InChI=1S/C8H11F3N4O3S/c9-8(10,11)5-18-2-1-15-19(16,17)6-3-13-7(12)14-4-6/h3-4,15H,1-2,5H2,(H2,12,13,14). The van der Waals surface area contributed by atoms with Crippen molar-refractivity contribution in [1.29, 1.82) is 0 Å². The fraction of sp³-hybridized carbons (Fsp3) is 0.500. The maximum atomic E-state index is 11.7. The van der Waals surface area contributed by atoms with Crippen LogP contribution in [0.25, 0.3) is 0 Å². The van der Waals surface area contributed by atoms with Gasteiger partial charge >= 0.3 is 6.18 Å². The van der Waals surface area contributed by atoms with Crippen LogP contribution in [0.4, 0.5) is 19.1 Å². The monoisotopic (exact) mass is 300 g/mol. The van der Waals surface area contributed by atoms with Gasteiger partial charge in [-0.25, -0.2) is 23.1 Å². The van der Waals surface area contributed by atoms with Gasteiger partial charge in [0, 0.05) is 6.54 Å². The molecule has 0 saturated heterocycles.